The number of nitro groups is 1. The second-order valence-electron chi connectivity index (χ2n) is 3.99. The van der Waals surface area contributed by atoms with Crippen LogP contribution in [0.2, 0.25) is 0 Å². The van der Waals surface area contributed by atoms with Gasteiger partial charge in [-0.25, -0.2) is 9.97 Å². The molecule has 0 N–H and O–H groups in total. The Balaban J connectivity index is 2.51. The van der Waals surface area contributed by atoms with Gasteiger partial charge in [0.25, 0.3) is 5.69 Å². The number of benzene rings is 1. The van der Waals surface area contributed by atoms with Crippen LogP contribution >= 0.6 is 0 Å². The number of hydrogen-bond donors (Lipinski definition) is 0. The summed E-state index contributed by atoms with van der Waals surface area (Å²) in [5.74, 6) is 0.587. The maximum absolute atomic E-state index is 10.8. The Morgan fingerprint density at radius 1 is 1.47 bits per heavy atom. The zero-order chi connectivity index (χ0) is 13.8. The Hall–Kier alpha value is -2.75. The zero-order valence-electron chi connectivity index (χ0n) is 10.3. The molecular weight excluding hydrogens is 246 g/mol. The number of non-ortho nitro benzene ring substituents is 1. The highest BCUT2D eigenvalue weighted by Crippen LogP contribution is 2.26. The van der Waals surface area contributed by atoms with E-state index in [1.165, 1.54) is 18.5 Å². The Morgan fingerprint density at radius 2 is 2.26 bits per heavy atom. The van der Waals surface area contributed by atoms with E-state index in [-0.39, 0.29) is 5.69 Å². The van der Waals surface area contributed by atoms with Gasteiger partial charge in [0.1, 0.15) is 12.1 Å². The molecule has 0 fully saturated rings. The van der Waals surface area contributed by atoms with E-state index in [4.69, 9.17) is 5.26 Å². The van der Waals surface area contributed by atoms with Crippen molar-refractivity contribution >= 4 is 22.4 Å². The summed E-state index contributed by atoms with van der Waals surface area (Å²) in [5, 5.41) is 20.0. The molecule has 1 aromatic carbocycles. The molecule has 0 radical (unpaired) electrons. The molecule has 2 aromatic rings. The van der Waals surface area contributed by atoms with Crippen LogP contribution in [-0.2, 0) is 0 Å². The molecule has 0 bridgehead atoms. The van der Waals surface area contributed by atoms with E-state index < -0.39 is 4.92 Å². The van der Waals surface area contributed by atoms with Crippen molar-refractivity contribution in [3.8, 4) is 6.07 Å². The van der Waals surface area contributed by atoms with Gasteiger partial charge in [0.05, 0.1) is 22.9 Å². The summed E-state index contributed by atoms with van der Waals surface area (Å²) < 4.78 is 0. The highest BCUT2D eigenvalue weighted by molar-refractivity contribution is 5.90. The van der Waals surface area contributed by atoms with Gasteiger partial charge in [-0.1, -0.05) is 0 Å². The van der Waals surface area contributed by atoms with Gasteiger partial charge in [-0.3, -0.25) is 10.1 Å². The first-order chi connectivity index (χ1) is 9.13. The van der Waals surface area contributed by atoms with Gasteiger partial charge in [-0.05, 0) is 6.07 Å². The molecule has 0 unspecified atom stereocenters. The Bertz CT molecular complexity index is 665. The molecular formula is C12H11N5O2. The molecule has 96 valence electrons. The molecule has 0 atom stereocenters. The minimum Gasteiger partial charge on any atom is -0.358 e. The molecule has 0 saturated carbocycles. The van der Waals surface area contributed by atoms with Gasteiger partial charge < -0.3 is 4.90 Å². The largest absolute Gasteiger partial charge is 0.358 e. The van der Waals surface area contributed by atoms with Gasteiger partial charge in [-0.2, -0.15) is 5.26 Å². The van der Waals surface area contributed by atoms with Crippen LogP contribution in [0.5, 0.6) is 0 Å². The number of anilines is 1. The van der Waals surface area contributed by atoms with Gasteiger partial charge in [0, 0.05) is 31.1 Å². The third kappa shape index (κ3) is 2.57. The van der Waals surface area contributed by atoms with Crippen molar-refractivity contribution in [3.05, 3.63) is 34.6 Å². The lowest BCUT2D eigenvalue weighted by atomic mass is 10.2. The van der Waals surface area contributed by atoms with E-state index in [1.54, 1.807) is 18.0 Å². The van der Waals surface area contributed by atoms with Crippen LogP contribution in [0, 0.1) is 21.4 Å². The Morgan fingerprint density at radius 3 is 2.95 bits per heavy atom. The molecule has 7 heteroatoms. The number of nitrogens with zero attached hydrogens (tertiary/aromatic N) is 5. The Labute approximate surface area is 109 Å². The van der Waals surface area contributed by atoms with E-state index in [2.05, 4.69) is 16.0 Å². The number of nitriles is 1. The lowest BCUT2D eigenvalue weighted by molar-refractivity contribution is -0.384. The second kappa shape index (κ2) is 5.27. The number of rotatable bonds is 4. The van der Waals surface area contributed by atoms with Crippen LogP contribution in [0.4, 0.5) is 11.5 Å². The molecule has 0 aliphatic heterocycles. The van der Waals surface area contributed by atoms with Gasteiger partial charge in [0.15, 0.2) is 0 Å². The first-order valence-electron chi connectivity index (χ1n) is 5.60. The zero-order valence-corrected chi connectivity index (χ0v) is 10.3. The molecule has 0 aliphatic carbocycles. The maximum atomic E-state index is 10.8. The van der Waals surface area contributed by atoms with Crippen molar-refractivity contribution < 1.29 is 4.92 Å². The van der Waals surface area contributed by atoms with E-state index in [0.717, 1.165) is 0 Å². The van der Waals surface area contributed by atoms with Crippen molar-refractivity contribution in [1.29, 1.82) is 5.26 Å². The highest BCUT2D eigenvalue weighted by Gasteiger charge is 2.12. The van der Waals surface area contributed by atoms with Crippen molar-refractivity contribution in [2.24, 2.45) is 0 Å². The van der Waals surface area contributed by atoms with Crippen LogP contribution in [0.3, 0.4) is 0 Å². The minimum absolute atomic E-state index is 0.00256. The van der Waals surface area contributed by atoms with E-state index in [0.29, 0.717) is 29.7 Å². The van der Waals surface area contributed by atoms with Crippen LogP contribution in [0.1, 0.15) is 6.42 Å². The molecule has 7 nitrogen and oxygen atoms in total. The quantitative estimate of drug-likeness (QED) is 0.613. The average Bonchev–Trinajstić information content (AvgIpc) is 2.43. The SMILES string of the molecule is CN(CCC#N)c1ncnc2ccc([N+](=O)[O-])cc12. The topological polar surface area (TPSA) is 96.0 Å². The van der Waals surface area contributed by atoms with Crippen LogP contribution in [0.25, 0.3) is 10.9 Å². The first-order valence-corrected chi connectivity index (χ1v) is 5.60. The molecule has 19 heavy (non-hydrogen) atoms. The van der Waals surface area contributed by atoms with E-state index in [1.807, 2.05) is 0 Å². The van der Waals surface area contributed by atoms with Crippen molar-refractivity contribution in [3.63, 3.8) is 0 Å². The van der Waals surface area contributed by atoms with Gasteiger partial charge in [-0.15, -0.1) is 0 Å². The molecule has 0 spiro atoms. The van der Waals surface area contributed by atoms with E-state index in [9.17, 15) is 10.1 Å². The predicted molar refractivity (Wildman–Crippen MR) is 69.7 cm³/mol. The second-order valence-corrected chi connectivity index (χ2v) is 3.99. The standard InChI is InChI=1S/C12H11N5O2/c1-16(6-2-5-13)12-10-7-9(17(18)19)3-4-11(10)14-8-15-12/h3-4,7-8H,2,6H2,1H3. The lowest BCUT2D eigenvalue weighted by Crippen LogP contribution is -2.19. The number of hydrogen-bond acceptors (Lipinski definition) is 6. The minimum atomic E-state index is -0.453. The molecule has 0 saturated heterocycles. The van der Waals surface area contributed by atoms with Gasteiger partial charge >= 0.3 is 0 Å². The number of fused-ring (bicyclic) bond motifs is 1. The predicted octanol–water partition coefficient (Wildman–Crippen LogP) is 1.89. The molecule has 1 aromatic heterocycles. The van der Waals surface area contributed by atoms with Crippen LogP contribution < -0.4 is 4.90 Å². The average molecular weight is 257 g/mol. The third-order valence-corrected chi connectivity index (χ3v) is 2.73. The molecule has 1 heterocycles. The van der Waals surface area contributed by atoms with Crippen LogP contribution in [-0.4, -0.2) is 28.5 Å². The number of nitro benzene ring substituents is 1. The summed E-state index contributed by atoms with van der Waals surface area (Å²) in [6, 6.07) is 6.51. The van der Waals surface area contributed by atoms with Crippen molar-refractivity contribution in [2.75, 3.05) is 18.5 Å². The Kier molecular flexibility index (Phi) is 3.52. The highest BCUT2D eigenvalue weighted by atomic mass is 16.6. The lowest BCUT2D eigenvalue weighted by Gasteiger charge is -2.17. The van der Waals surface area contributed by atoms with Gasteiger partial charge in [0.2, 0.25) is 0 Å². The monoisotopic (exact) mass is 257 g/mol. The van der Waals surface area contributed by atoms with Crippen molar-refractivity contribution in [2.45, 2.75) is 6.42 Å². The normalized spacial score (nSPS) is 10.1. The summed E-state index contributed by atoms with van der Waals surface area (Å²) in [6.07, 6.45) is 1.77. The number of aromatic nitrogens is 2. The molecule has 0 amide bonds. The fourth-order valence-electron chi connectivity index (χ4n) is 1.77. The van der Waals surface area contributed by atoms with Crippen LogP contribution in [0.15, 0.2) is 24.5 Å². The summed E-state index contributed by atoms with van der Waals surface area (Å²) in [6.45, 7) is 0.505. The third-order valence-electron chi connectivity index (χ3n) is 2.73. The smallest absolute Gasteiger partial charge is 0.270 e. The summed E-state index contributed by atoms with van der Waals surface area (Å²) in [5.41, 5.74) is 0.636. The maximum Gasteiger partial charge on any atom is 0.270 e. The summed E-state index contributed by atoms with van der Waals surface area (Å²) in [7, 11) is 1.79. The summed E-state index contributed by atoms with van der Waals surface area (Å²) in [4.78, 5) is 20.4. The van der Waals surface area contributed by atoms with E-state index >= 15 is 0 Å². The van der Waals surface area contributed by atoms with Crippen molar-refractivity contribution in [1.82, 2.24) is 9.97 Å². The fraction of sp³-hybridized carbons (Fsp3) is 0.250. The molecule has 0 aliphatic rings. The fourth-order valence-corrected chi connectivity index (χ4v) is 1.77. The summed E-state index contributed by atoms with van der Waals surface area (Å²) >= 11 is 0. The molecule has 2 rings (SSSR count). The first kappa shape index (κ1) is 12.7.